The molecule has 0 aromatic carbocycles. The molecule has 0 amide bonds. The van der Waals surface area contributed by atoms with E-state index in [1.807, 2.05) is 19.4 Å². The predicted molar refractivity (Wildman–Crippen MR) is 65.6 cm³/mol. The van der Waals surface area contributed by atoms with Crippen LogP contribution >= 0.6 is 11.8 Å². The van der Waals surface area contributed by atoms with E-state index in [0.717, 1.165) is 10.6 Å². The Morgan fingerprint density at radius 1 is 1.69 bits per heavy atom. The van der Waals surface area contributed by atoms with Gasteiger partial charge in [-0.25, -0.2) is 0 Å². The van der Waals surface area contributed by atoms with Gasteiger partial charge in [0.15, 0.2) is 0 Å². The van der Waals surface area contributed by atoms with Crippen molar-refractivity contribution in [3.05, 3.63) is 12.4 Å². The zero-order valence-electron chi connectivity index (χ0n) is 9.81. The first-order valence-corrected chi connectivity index (χ1v) is 6.60. The second-order valence-corrected chi connectivity index (χ2v) is 5.82. The van der Waals surface area contributed by atoms with Gasteiger partial charge in [0, 0.05) is 35.5 Å². The van der Waals surface area contributed by atoms with E-state index < -0.39 is 0 Å². The van der Waals surface area contributed by atoms with Crippen LogP contribution in [-0.2, 0) is 7.05 Å². The van der Waals surface area contributed by atoms with Crippen molar-refractivity contribution >= 4 is 11.8 Å². The van der Waals surface area contributed by atoms with Gasteiger partial charge in [0.25, 0.3) is 0 Å². The number of rotatable bonds is 6. The monoisotopic (exact) mass is 241 g/mol. The normalized spacial score (nSPS) is 19.7. The Labute approximate surface area is 100 Å². The van der Waals surface area contributed by atoms with Crippen molar-refractivity contribution < 1.29 is 5.11 Å². The summed E-state index contributed by atoms with van der Waals surface area (Å²) in [6.45, 7) is 2.26. The van der Waals surface area contributed by atoms with Crippen molar-refractivity contribution in [3.63, 3.8) is 0 Å². The lowest BCUT2D eigenvalue weighted by Gasteiger charge is -2.28. The Morgan fingerprint density at radius 2 is 2.44 bits per heavy atom. The van der Waals surface area contributed by atoms with E-state index in [2.05, 4.69) is 17.3 Å². The maximum Gasteiger partial charge on any atom is 0.0625 e. The molecular weight excluding hydrogens is 222 g/mol. The average molecular weight is 241 g/mol. The minimum absolute atomic E-state index is 0.177. The third kappa shape index (κ3) is 3.23. The Kier molecular flexibility index (Phi) is 3.56. The van der Waals surface area contributed by atoms with Gasteiger partial charge >= 0.3 is 0 Å². The van der Waals surface area contributed by atoms with Crippen molar-refractivity contribution in [1.29, 1.82) is 0 Å². The summed E-state index contributed by atoms with van der Waals surface area (Å²) < 4.78 is 1.80. The number of hydrogen-bond donors (Lipinski definition) is 2. The molecule has 2 rings (SSSR count). The first-order chi connectivity index (χ1) is 7.61. The van der Waals surface area contributed by atoms with Gasteiger partial charge in [0.05, 0.1) is 12.8 Å². The van der Waals surface area contributed by atoms with Crippen LogP contribution in [0.4, 0.5) is 0 Å². The molecule has 0 bridgehead atoms. The Morgan fingerprint density at radius 3 is 2.94 bits per heavy atom. The molecule has 0 aliphatic heterocycles. The fourth-order valence-corrected chi connectivity index (χ4v) is 2.58. The Bertz CT molecular complexity index is 351. The van der Waals surface area contributed by atoms with Crippen LogP contribution in [0, 0.1) is 0 Å². The molecule has 16 heavy (non-hydrogen) atoms. The number of hydrogen-bond acceptors (Lipinski definition) is 4. The smallest absolute Gasteiger partial charge is 0.0625 e. The first-order valence-electron chi connectivity index (χ1n) is 5.61. The van der Waals surface area contributed by atoms with Crippen molar-refractivity contribution in [2.75, 3.05) is 12.4 Å². The Hall–Kier alpha value is -0.520. The van der Waals surface area contributed by atoms with Crippen LogP contribution in [0.5, 0.6) is 0 Å². The molecule has 1 aliphatic rings. The van der Waals surface area contributed by atoms with E-state index in [1.165, 1.54) is 12.8 Å². The second kappa shape index (κ2) is 4.77. The van der Waals surface area contributed by atoms with Gasteiger partial charge in [-0.05, 0) is 19.8 Å². The number of aromatic nitrogens is 2. The Balaban J connectivity index is 1.85. The highest BCUT2D eigenvalue weighted by Crippen LogP contribution is 2.26. The van der Waals surface area contributed by atoms with Crippen LogP contribution in [0.15, 0.2) is 17.3 Å². The highest BCUT2D eigenvalue weighted by Gasteiger charge is 2.32. The van der Waals surface area contributed by atoms with Crippen LogP contribution in [0.25, 0.3) is 0 Å². The zero-order chi connectivity index (χ0) is 11.6. The van der Waals surface area contributed by atoms with Crippen molar-refractivity contribution in [2.45, 2.75) is 36.2 Å². The lowest BCUT2D eigenvalue weighted by Crippen LogP contribution is -2.49. The van der Waals surface area contributed by atoms with Crippen LogP contribution in [-0.4, -0.2) is 38.8 Å². The summed E-state index contributed by atoms with van der Waals surface area (Å²) in [6, 6.07) is 0.617. The van der Waals surface area contributed by atoms with Gasteiger partial charge in [-0.2, -0.15) is 5.10 Å². The molecule has 90 valence electrons. The molecule has 0 radical (unpaired) electrons. The van der Waals surface area contributed by atoms with Gasteiger partial charge in [-0.1, -0.05) is 0 Å². The number of nitrogens with zero attached hydrogens (tertiary/aromatic N) is 2. The number of aliphatic hydroxyl groups is 1. The summed E-state index contributed by atoms with van der Waals surface area (Å²) >= 11 is 1.74. The molecule has 0 spiro atoms. The van der Waals surface area contributed by atoms with Gasteiger partial charge in [-0.15, -0.1) is 11.8 Å². The summed E-state index contributed by atoms with van der Waals surface area (Å²) in [5.41, 5.74) is -0.179. The maximum atomic E-state index is 9.45. The van der Waals surface area contributed by atoms with Crippen LogP contribution in [0.2, 0.25) is 0 Å². The zero-order valence-corrected chi connectivity index (χ0v) is 10.6. The fourth-order valence-electron chi connectivity index (χ4n) is 1.57. The number of nitrogens with one attached hydrogen (secondary N) is 1. The van der Waals surface area contributed by atoms with E-state index in [9.17, 15) is 5.11 Å². The van der Waals surface area contributed by atoms with Crippen LogP contribution < -0.4 is 5.32 Å². The summed E-state index contributed by atoms with van der Waals surface area (Å²) in [6.07, 6.45) is 6.35. The first kappa shape index (κ1) is 12.0. The fraction of sp³-hybridized carbons (Fsp3) is 0.727. The van der Waals surface area contributed by atoms with Gasteiger partial charge in [-0.3, -0.25) is 4.68 Å². The quantitative estimate of drug-likeness (QED) is 0.730. The minimum Gasteiger partial charge on any atom is -0.394 e. The standard InChI is InChI=1S/C11H19N3OS/c1-11(7-15,13-9-3-4-9)8-16-10-5-12-14(2)6-10/h5-6,9,13,15H,3-4,7-8H2,1-2H3. The topological polar surface area (TPSA) is 50.1 Å². The van der Waals surface area contributed by atoms with E-state index >= 15 is 0 Å². The molecule has 1 atom stereocenters. The summed E-state index contributed by atoms with van der Waals surface area (Å²) in [4.78, 5) is 1.15. The summed E-state index contributed by atoms with van der Waals surface area (Å²) in [7, 11) is 1.91. The molecule has 1 fully saturated rings. The average Bonchev–Trinajstić information content (AvgIpc) is 2.97. The summed E-state index contributed by atoms with van der Waals surface area (Å²) in [5, 5.41) is 17.1. The molecule has 1 aliphatic carbocycles. The van der Waals surface area contributed by atoms with E-state index in [-0.39, 0.29) is 12.1 Å². The van der Waals surface area contributed by atoms with Crippen LogP contribution in [0.1, 0.15) is 19.8 Å². The highest BCUT2D eigenvalue weighted by atomic mass is 32.2. The predicted octanol–water partition coefficient (Wildman–Crippen LogP) is 1.02. The molecule has 1 aromatic heterocycles. The second-order valence-electron chi connectivity index (χ2n) is 4.78. The SMILES string of the molecule is Cn1cc(SCC(C)(CO)NC2CC2)cn1. The van der Waals surface area contributed by atoms with Crippen molar-refractivity contribution in [1.82, 2.24) is 15.1 Å². The highest BCUT2D eigenvalue weighted by molar-refractivity contribution is 7.99. The third-order valence-corrected chi connectivity index (χ3v) is 4.04. The minimum atomic E-state index is -0.179. The molecular formula is C11H19N3OS. The third-order valence-electron chi connectivity index (χ3n) is 2.72. The van der Waals surface area contributed by atoms with Crippen LogP contribution in [0.3, 0.4) is 0 Å². The molecule has 0 saturated heterocycles. The summed E-state index contributed by atoms with van der Waals surface area (Å²) in [5.74, 6) is 0.867. The molecule has 1 aromatic rings. The molecule has 5 heteroatoms. The van der Waals surface area contributed by atoms with Gasteiger partial charge in [0.2, 0.25) is 0 Å². The van der Waals surface area contributed by atoms with E-state index in [1.54, 1.807) is 16.4 Å². The van der Waals surface area contributed by atoms with Gasteiger partial charge in [0.1, 0.15) is 0 Å². The molecule has 1 heterocycles. The maximum absolute atomic E-state index is 9.45. The molecule has 1 unspecified atom stereocenters. The van der Waals surface area contributed by atoms with E-state index in [0.29, 0.717) is 6.04 Å². The number of aliphatic hydroxyl groups excluding tert-OH is 1. The lowest BCUT2D eigenvalue weighted by molar-refractivity contribution is 0.190. The molecule has 1 saturated carbocycles. The molecule has 2 N–H and O–H groups in total. The number of thioether (sulfide) groups is 1. The molecule has 4 nitrogen and oxygen atoms in total. The van der Waals surface area contributed by atoms with E-state index in [4.69, 9.17) is 0 Å². The van der Waals surface area contributed by atoms with Crippen molar-refractivity contribution in [3.8, 4) is 0 Å². The van der Waals surface area contributed by atoms with Crippen molar-refractivity contribution in [2.24, 2.45) is 7.05 Å². The number of aryl methyl sites for hydroxylation is 1. The van der Waals surface area contributed by atoms with Gasteiger partial charge < -0.3 is 10.4 Å². The largest absolute Gasteiger partial charge is 0.394 e. The lowest BCUT2D eigenvalue weighted by atomic mass is 10.1.